The molecule has 1 aromatic carbocycles. The van der Waals surface area contributed by atoms with E-state index >= 15 is 0 Å². The minimum atomic E-state index is -0.303. The minimum Gasteiger partial charge on any atom is -0.465 e. The van der Waals surface area contributed by atoms with E-state index < -0.39 is 0 Å². The van der Waals surface area contributed by atoms with Crippen LogP contribution in [0.4, 0.5) is 0 Å². The van der Waals surface area contributed by atoms with Gasteiger partial charge in [-0.2, -0.15) is 0 Å². The summed E-state index contributed by atoms with van der Waals surface area (Å²) in [5.41, 5.74) is 2.96. The number of hydrogen-bond donors (Lipinski definition) is 1. The van der Waals surface area contributed by atoms with Crippen LogP contribution in [-0.2, 0) is 4.74 Å². The van der Waals surface area contributed by atoms with Gasteiger partial charge >= 0.3 is 5.97 Å². The zero-order valence-electron chi connectivity index (χ0n) is 12.5. The first-order valence-electron chi connectivity index (χ1n) is 7.44. The van der Waals surface area contributed by atoms with Gasteiger partial charge < -0.3 is 10.1 Å². The molecule has 1 aliphatic rings. The van der Waals surface area contributed by atoms with Gasteiger partial charge in [0, 0.05) is 18.4 Å². The maximum absolute atomic E-state index is 11.5. The van der Waals surface area contributed by atoms with Gasteiger partial charge in [-0.15, -0.1) is 0 Å². The summed E-state index contributed by atoms with van der Waals surface area (Å²) in [4.78, 5) is 19.7. The third-order valence-electron chi connectivity index (χ3n) is 4.19. The van der Waals surface area contributed by atoms with Crippen molar-refractivity contribution in [2.45, 2.75) is 24.8 Å². The fraction of sp³-hybridized carbons (Fsp3) is 0.353. The number of carbonyl (C=O) groups is 1. The van der Waals surface area contributed by atoms with Gasteiger partial charge in [-0.3, -0.25) is 0 Å². The highest BCUT2D eigenvalue weighted by Crippen LogP contribution is 2.33. The summed E-state index contributed by atoms with van der Waals surface area (Å²) in [5.74, 6) is 0.162. The maximum Gasteiger partial charge on any atom is 0.337 e. The first kappa shape index (κ1) is 14.7. The van der Waals surface area contributed by atoms with Gasteiger partial charge in [0.2, 0.25) is 0 Å². The monoisotopic (exact) mass is 297 g/mol. The first-order chi connectivity index (χ1) is 10.8. The van der Waals surface area contributed by atoms with Crippen molar-refractivity contribution in [3.63, 3.8) is 0 Å². The Bertz CT molecular complexity index is 628. The molecule has 1 unspecified atom stereocenters. The molecule has 5 nitrogen and oxygen atoms in total. The van der Waals surface area contributed by atoms with E-state index in [4.69, 9.17) is 4.74 Å². The SMILES string of the molecule is COC(=O)c1ccc([C@@H]2CC(c3cncnc3)CCN2)cc1. The summed E-state index contributed by atoms with van der Waals surface area (Å²) in [6.45, 7) is 0.961. The number of methoxy groups -OCH3 is 1. The second-order valence-electron chi connectivity index (χ2n) is 5.51. The number of carbonyl (C=O) groups excluding carboxylic acids is 1. The van der Waals surface area contributed by atoms with Crippen LogP contribution in [-0.4, -0.2) is 29.6 Å². The highest BCUT2D eigenvalue weighted by atomic mass is 16.5. The Hall–Kier alpha value is -2.27. The van der Waals surface area contributed by atoms with Crippen LogP contribution in [0.25, 0.3) is 0 Å². The molecule has 3 rings (SSSR count). The molecule has 1 saturated heterocycles. The normalized spacial score (nSPS) is 21.3. The Labute approximate surface area is 129 Å². The third kappa shape index (κ3) is 3.14. The lowest BCUT2D eigenvalue weighted by Gasteiger charge is -2.30. The molecule has 22 heavy (non-hydrogen) atoms. The van der Waals surface area contributed by atoms with Gasteiger partial charge in [-0.05, 0) is 48.6 Å². The molecule has 0 radical (unpaired) electrons. The number of hydrogen-bond acceptors (Lipinski definition) is 5. The topological polar surface area (TPSA) is 64.1 Å². The van der Waals surface area contributed by atoms with Crippen molar-refractivity contribution in [3.05, 3.63) is 59.7 Å². The summed E-state index contributed by atoms with van der Waals surface area (Å²) < 4.78 is 4.73. The molecular weight excluding hydrogens is 278 g/mol. The van der Waals surface area contributed by atoms with Crippen LogP contribution in [0.3, 0.4) is 0 Å². The Morgan fingerprint density at radius 3 is 2.59 bits per heavy atom. The number of rotatable bonds is 3. The fourth-order valence-corrected chi connectivity index (χ4v) is 2.96. The Morgan fingerprint density at radius 1 is 1.18 bits per heavy atom. The summed E-state index contributed by atoms with van der Waals surface area (Å²) in [5, 5.41) is 3.54. The Balaban J connectivity index is 1.73. The second kappa shape index (κ2) is 6.66. The molecule has 0 saturated carbocycles. The van der Waals surface area contributed by atoms with E-state index in [9.17, 15) is 4.79 Å². The highest BCUT2D eigenvalue weighted by molar-refractivity contribution is 5.89. The van der Waals surface area contributed by atoms with Crippen molar-refractivity contribution < 1.29 is 9.53 Å². The lowest BCUT2D eigenvalue weighted by atomic mass is 9.85. The highest BCUT2D eigenvalue weighted by Gasteiger charge is 2.24. The number of esters is 1. The van der Waals surface area contributed by atoms with E-state index in [1.807, 2.05) is 36.7 Å². The lowest BCUT2D eigenvalue weighted by Crippen LogP contribution is -2.31. The fourth-order valence-electron chi connectivity index (χ4n) is 2.96. The molecule has 1 aromatic heterocycles. The molecule has 1 fully saturated rings. The molecule has 0 bridgehead atoms. The minimum absolute atomic E-state index is 0.283. The predicted molar refractivity (Wildman–Crippen MR) is 82.5 cm³/mol. The van der Waals surface area contributed by atoms with Crippen LogP contribution in [0.5, 0.6) is 0 Å². The Morgan fingerprint density at radius 2 is 1.91 bits per heavy atom. The van der Waals surface area contributed by atoms with Crippen LogP contribution in [0.1, 0.15) is 46.3 Å². The first-order valence-corrected chi connectivity index (χ1v) is 7.44. The van der Waals surface area contributed by atoms with Crippen LogP contribution >= 0.6 is 0 Å². The third-order valence-corrected chi connectivity index (χ3v) is 4.19. The van der Waals surface area contributed by atoms with Gasteiger partial charge in [-0.1, -0.05) is 12.1 Å². The van der Waals surface area contributed by atoms with Crippen molar-refractivity contribution in [2.75, 3.05) is 13.7 Å². The summed E-state index contributed by atoms with van der Waals surface area (Å²) in [7, 11) is 1.39. The van der Waals surface area contributed by atoms with Crippen LogP contribution in [0, 0.1) is 0 Å². The molecule has 0 spiro atoms. The molecule has 1 N–H and O–H groups in total. The van der Waals surface area contributed by atoms with E-state index in [0.717, 1.165) is 19.4 Å². The van der Waals surface area contributed by atoms with Gasteiger partial charge in [-0.25, -0.2) is 14.8 Å². The number of aromatic nitrogens is 2. The van der Waals surface area contributed by atoms with Crippen LogP contribution in [0.15, 0.2) is 43.0 Å². The molecular formula is C17H19N3O2. The number of nitrogens with zero attached hydrogens (tertiary/aromatic N) is 2. The second-order valence-corrected chi connectivity index (χ2v) is 5.51. The van der Waals surface area contributed by atoms with Crippen LogP contribution < -0.4 is 5.32 Å². The largest absolute Gasteiger partial charge is 0.465 e. The van der Waals surface area contributed by atoms with Crippen molar-refractivity contribution in [1.82, 2.24) is 15.3 Å². The van der Waals surface area contributed by atoms with Gasteiger partial charge in [0.05, 0.1) is 12.7 Å². The summed E-state index contributed by atoms with van der Waals surface area (Å²) >= 11 is 0. The van der Waals surface area contributed by atoms with Crippen molar-refractivity contribution in [2.24, 2.45) is 0 Å². The standard InChI is InChI=1S/C17H19N3O2/c1-22-17(21)13-4-2-12(3-5-13)16-8-14(6-7-20-16)15-9-18-11-19-10-15/h2-5,9-11,14,16,20H,6-8H2,1H3/t14?,16-/m0/s1. The quantitative estimate of drug-likeness (QED) is 0.882. The zero-order valence-corrected chi connectivity index (χ0v) is 12.5. The zero-order chi connectivity index (χ0) is 15.4. The number of ether oxygens (including phenoxy) is 1. The van der Waals surface area contributed by atoms with E-state index in [2.05, 4.69) is 15.3 Å². The molecule has 114 valence electrons. The maximum atomic E-state index is 11.5. The van der Waals surface area contributed by atoms with Gasteiger partial charge in [0.1, 0.15) is 6.33 Å². The average molecular weight is 297 g/mol. The molecule has 0 amide bonds. The van der Waals surface area contributed by atoms with E-state index in [1.54, 1.807) is 6.33 Å². The predicted octanol–water partition coefficient (Wildman–Crippen LogP) is 2.47. The molecule has 1 aliphatic heterocycles. The number of benzene rings is 1. The van der Waals surface area contributed by atoms with E-state index in [-0.39, 0.29) is 12.0 Å². The van der Waals surface area contributed by atoms with Crippen molar-refractivity contribution >= 4 is 5.97 Å². The average Bonchev–Trinajstić information content (AvgIpc) is 2.62. The van der Waals surface area contributed by atoms with Crippen molar-refractivity contribution in [3.8, 4) is 0 Å². The molecule has 0 aliphatic carbocycles. The van der Waals surface area contributed by atoms with Crippen molar-refractivity contribution in [1.29, 1.82) is 0 Å². The van der Waals surface area contributed by atoms with Crippen LogP contribution in [0.2, 0.25) is 0 Å². The smallest absolute Gasteiger partial charge is 0.337 e. The molecule has 5 heteroatoms. The lowest BCUT2D eigenvalue weighted by molar-refractivity contribution is 0.0600. The van der Waals surface area contributed by atoms with Gasteiger partial charge in [0.25, 0.3) is 0 Å². The molecule has 2 heterocycles. The molecule has 2 atom stereocenters. The molecule has 2 aromatic rings. The Kier molecular flexibility index (Phi) is 4.44. The number of piperidine rings is 1. The number of nitrogens with one attached hydrogen (secondary N) is 1. The summed E-state index contributed by atoms with van der Waals surface area (Å²) in [6, 6.07) is 7.91. The van der Waals surface area contributed by atoms with E-state index in [0.29, 0.717) is 11.5 Å². The summed E-state index contributed by atoms with van der Waals surface area (Å²) in [6.07, 6.45) is 7.46. The van der Waals surface area contributed by atoms with Gasteiger partial charge in [0.15, 0.2) is 0 Å². The van der Waals surface area contributed by atoms with E-state index in [1.165, 1.54) is 18.2 Å².